The van der Waals surface area contributed by atoms with Gasteiger partial charge in [0.25, 0.3) is 0 Å². The fourth-order valence-corrected chi connectivity index (χ4v) is 4.61. The summed E-state index contributed by atoms with van der Waals surface area (Å²) in [4.78, 5) is 28.9. The fourth-order valence-electron chi connectivity index (χ4n) is 4.61. The molecule has 0 fully saturated rings. The van der Waals surface area contributed by atoms with Crippen molar-refractivity contribution in [1.82, 2.24) is 4.90 Å². The minimum Gasteiger partial charge on any atom is -0.460 e. The van der Waals surface area contributed by atoms with Crippen molar-refractivity contribution >= 4 is 28.8 Å². The van der Waals surface area contributed by atoms with Gasteiger partial charge in [-0.05, 0) is 69.5 Å². The number of esters is 1. The van der Waals surface area contributed by atoms with E-state index in [2.05, 4.69) is 44.7 Å². The number of carbonyl (C=O) groups is 2. The first-order valence-corrected chi connectivity index (χ1v) is 14.5. The Morgan fingerprint density at radius 1 is 0.923 bits per heavy atom. The molecule has 0 saturated heterocycles. The molecular weight excluding hydrogens is 486 g/mol. The van der Waals surface area contributed by atoms with Crippen molar-refractivity contribution in [2.45, 2.75) is 79.8 Å². The van der Waals surface area contributed by atoms with E-state index in [1.165, 1.54) is 25.7 Å². The molecule has 3 rings (SSSR count). The molecule has 0 amide bonds. The van der Waals surface area contributed by atoms with Gasteiger partial charge >= 0.3 is 5.97 Å². The van der Waals surface area contributed by atoms with Gasteiger partial charge in [-0.2, -0.15) is 0 Å². The number of furan rings is 1. The van der Waals surface area contributed by atoms with Crippen molar-refractivity contribution in [2.24, 2.45) is 5.92 Å². The van der Waals surface area contributed by atoms with Gasteiger partial charge in [0, 0.05) is 23.9 Å². The molecule has 0 spiro atoms. The van der Waals surface area contributed by atoms with Crippen LogP contribution in [0.5, 0.6) is 0 Å². The third kappa shape index (κ3) is 8.66. The lowest BCUT2D eigenvalue weighted by Gasteiger charge is -2.19. The first kappa shape index (κ1) is 30.4. The van der Waals surface area contributed by atoms with Crippen molar-refractivity contribution < 1.29 is 18.7 Å². The normalized spacial score (nSPS) is 11.9. The second kappa shape index (κ2) is 14.8. The molecule has 0 N–H and O–H groups in total. The van der Waals surface area contributed by atoms with Crippen LogP contribution in [0, 0.1) is 5.92 Å². The maximum Gasteiger partial charge on any atom is 0.338 e. The number of ether oxygens (including phenoxy) is 1. The van der Waals surface area contributed by atoms with Gasteiger partial charge in [0.1, 0.15) is 11.3 Å². The molecule has 2 aromatic carbocycles. The van der Waals surface area contributed by atoms with E-state index in [4.69, 9.17) is 9.15 Å². The van der Waals surface area contributed by atoms with Crippen molar-refractivity contribution in [1.29, 1.82) is 0 Å². The molecule has 0 aliphatic carbocycles. The monoisotopic (exact) mass is 531 g/mol. The summed E-state index contributed by atoms with van der Waals surface area (Å²) in [7, 11) is 0. The highest BCUT2D eigenvalue weighted by Gasteiger charge is 2.24. The fraction of sp³-hybridized carbons (Fsp3) is 0.471. The summed E-state index contributed by atoms with van der Waals surface area (Å²) >= 11 is 0. The summed E-state index contributed by atoms with van der Waals surface area (Å²) in [5.74, 6) is 0.461. The molecule has 0 bridgehead atoms. The standard InChI is InChI=1S/C34H45NO4/c1-7-9-19-35(20-10-8-2)21-11-12-26-13-15-27(16-14-26)33(36)32-29-23-28(34(37)38-25(5)6)17-18-30(29)39-31(32)22-24(3)4/h11-18,23-25H,7-10,19-22H2,1-6H3/b12-11+. The lowest BCUT2D eigenvalue weighted by Crippen LogP contribution is -2.26. The van der Waals surface area contributed by atoms with Crippen LogP contribution >= 0.6 is 0 Å². The second-order valence-corrected chi connectivity index (χ2v) is 11.0. The van der Waals surface area contributed by atoms with Crippen LogP contribution in [-0.4, -0.2) is 42.4 Å². The maximum absolute atomic E-state index is 13.8. The van der Waals surface area contributed by atoms with E-state index in [0.29, 0.717) is 45.8 Å². The van der Waals surface area contributed by atoms with E-state index in [1.807, 2.05) is 38.1 Å². The smallest absolute Gasteiger partial charge is 0.338 e. The summed E-state index contributed by atoms with van der Waals surface area (Å²) in [6.07, 6.45) is 9.60. The van der Waals surface area contributed by atoms with Crippen LogP contribution in [0.4, 0.5) is 0 Å². The minimum atomic E-state index is -0.406. The van der Waals surface area contributed by atoms with E-state index in [-0.39, 0.29) is 11.9 Å². The van der Waals surface area contributed by atoms with Crippen LogP contribution in [0.2, 0.25) is 0 Å². The van der Waals surface area contributed by atoms with Gasteiger partial charge in [-0.3, -0.25) is 9.69 Å². The van der Waals surface area contributed by atoms with Gasteiger partial charge in [-0.25, -0.2) is 4.79 Å². The highest BCUT2D eigenvalue weighted by atomic mass is 16.5. The van der Waals surface area contributed by atoms with Gasteiger partial charge in [0.05, 0.1) is 17.2 Å². The van der Waals surface area contributed by atoms with Gasteiger partial charge < -0.3 is 9.15 Å². The molecule has 5 heteroatoms. The molecule has 0 aliphatic heterocycles. The van der Waals surface area contributed by atoms with Gasteiger partial charge in [0.2, 0.25) is 0 Å². The Morgan fingerprint density at radius 3 is 2.15 bits per heavy atom. The van der Waals surface area contributed by atoms with Crippen LogP contribution in [0.25, 0.3) is 17.0 Å². The van der Waals surface area contributed by atoms with Crippen LogP contribution in [-0.2, 0) is 11.2 Å². The second-order valence-electron chi connectivity index (χ2n) is 11.0. The highest BCUT2D eigenvalue weighted by molar-refractivity contribution is 6.17. The minimum absolute atomic E-state index is 0.0976. The third-order valence-corrected chi connectivity index (χ3v) is 6.66. The Bertz CT molecular complexity index is 1240. The van der Waals surface area contributed by atoms with E-state index in [0.717, 1.165) is 25.2 Å². The van der Waals surface area contributed by atoms with Crippen molar-refractivity contribution in [2.75, 3.05) is 19.6 Å². The number of carbonyl (C=O) groups excluding carboxylic acids is 2. The van der Waals surface area contributed by atoms with E-state index in [1.54, 1.807) is 18.2 Å². The Kier molecular flexibility index (Phi) is 11.5. The number of benzene rings is 2. The molecule has 39 heavy (non-hydrogen) atoms. The van der Waals surface area contributed by atoms with Gasteiger partial charge in [-0.1, -0.05) is 77.0 Å². The Balaban J connectivity index is 1.84. The highest BCUT2D eigenvalue weighted by Crippen LogP contribution is 2.31. The molecule has 0 atom stereocenters. The van der Waals surface area contributed by atoms with Crippen LogP contribution in [0.3, 0.4) is 0 Å². The van der Waals surface area contributed by atoms with E-state index >= 15 is 0 Å². The van der Waals surface area contributed by atoms with E-state index < -0.39 is 5.97 Å². The number of ketones is 1. The molecule has 210 valence electrons. The lowest BCUT2D eigenvalue weighted by molar-refractivity contribution is 0.0378. The Hall–Kier alpha value is -3.18. The number of unbranched alkanes of at least 4 members (excludes halogenated alkanes) is 2. The van der Waals surface area contributed by atoms with E-state index in [9.17, 15) is 9.59 Å². The van der Waals surface area contributed by atoms with Crippen LogP contribution in [0.15, 0.2) is 53.0 Å². The summed E-state index contributed by atoms with van der Waals surface area (Å²) in [6, 6.07) is 12.9. The average molecular weight is 532 g/mol. The predicted octanol–water partition coefficient (Wildman–Crippen LogP) is 8.34. The maximum atomic E-state index is 13.8. The zero-order valence-corrected chi connectivity index (χ0v) is 24.6. The van der Waals surface area contributed by atoms with Crippen molar-refractivity contribution in [3.63, 3.8) is 0 Å². The third-order valence-electron chi connectivity index (χ3n) is 6.66. The number of rotatable bonds is 15. The molecule has 1 heterocycles. The average Bonchev–Trinajstić information content (AvgIpc) is 3.25. The summed E-state index contributed by atoms with van der Waals surface area (Å²) in [6.45, 7) is 15.5. The zero-order chi connectivity index (χ0) is 28.4. The van der Waals surface area contributed by atoms with Crippen molar-refractivity contribution in [3.8, 4) is 0 Å². The SMILES string of the molecule is CCCCN(C/C=C/c1ccc(C(=O)c2c(CC(C)C)oc3ccc(C(=O)OC(C)C)cc23)cc1)CCCC. The number of hydrogen-bond acceptors (Lipinski definition) is 5. The molecule has 1 aromatic heterocycles. The molecule has 0 saturated carbocycles. The predicted molar refractivity (Wildman–Crippen MR) is 160 cm³/mol. The molecule has 5 nitrogen and oxygen atoms in total. The van der Waals surface area contributed by atoms with Gasteiger partial charge in [0.15, 0.2) is 5.78 Å². The number of hydrogen-bond donors (Lipinski definition) is 0. The summed E-state index contributed by atoms with van der Waals surface area (Å²) in [5, 5.41) is 0.650. The Labute approximate surface area is 234 Å². The Morgan fingerprint density at radius 2 is 1.56 bits per heavy atom. The summed E-state index contributed by atoms with van der Waals surface area (Å²) < 4.78 is 11.5. The molecule has 0 unspecified atom stereocenters. The summed E-state index contributed by atoms with van der Waals surface area (Å²) in [5.41, 5.74) is 3.21. The molecule has 0 aliphatic rings. The molecule has 3 aromatic rings. The van der Waals surface area contributed by atoms with Gasteiger partial charge in [-0.15, -0.1) is 0 Å². The van der Waals surface area contributed by atoms with Crippen LogP contribution in [0.1, 0.15) is 105 Å². The first-order valence-electron chi connectivity index (χ1n) is 14.5. The molecular formula is C34H45NO4. The first-order chi connectivity index (χ1) is 18.7. The molecule has 0 radical (unpaired) electrons. The quantitative estimate of drug-likeness (QED) is 0.146. The zero-order valence-electron chi connectivity index (χ0n) is 24.6. The van der Waals surface area contributed by atoms with Crippen LogP contribution < -0.4 is 0 Å². The largest absolute Gasteiger partial charge is 0.460 e. The van der Waals surface area contributed by atoms with Crippen molar-refractivity contribution in [3.05, 3.63) is 76.6 Å². The number of nitrogens with zero attached hydrogens (tertiary/aromatic N) is 1. The number of fused-ring (bicyclic) bond motifs is 1. The lowest BCUT2D eigenvalue weighted by atomic mass is 9.95. The topological polar surface area (TPSA) is 59.8 Å².